The third-order valence-corrected chi connectivity index (χ3v) is 6.11. The molecule has 1 aliphatic carbocycles. The zero-order chi connectivity index (χ0) is 14.1. The summed E-state index contributed by atoms with van der Waals surface area (Å²) in [6, 6.07) is 6.47. The average Bonchev–Trinajstić information content (AvgIpc) is 2.86. The van der Waals surface area contributed by atoms with Crippen molar-refractivity contribution in [3.63, 3.8) is 0 Å². The molecule has 0 spiro atoms. The number of hydrogen-bond donors (Lipinski definition) is 1. The minimum atomic E-state index is -1.03. The Hall–Kier alpha value is -0.850. The quantitative estimate of drug-likeness (QED) is 0.891. The standard InChI is InChI=1S/C16H23NOS/c1-4-13-7-9-16(11-17,10-8-13)15(3,18)14-6-5-12(2)19-14/h5-6,13,18H,4,7-10H2,1-3H3. The number of nitrogens with zero attached hydrogens (tertiary/aromatic N) is 1. The smallest absolute Gasteiger partial charge is 0.114 e. The molecule has 1 aromatic heterocycles. The van der Waals surface area contributed by atoms with Crippen LogP contribution in [-0.2, 0) is 5.60 Å². The van der Waals surface area contributed by atoms with Crippen LogP contribution in [0, 0.1) is 29.6 Å². The normalized spacial score (nSPS) is 30.6. The van der Waals surface area contributed by atoms with Crippen molar-refractivity contribution in [2.75, 3.05) is 0 Å². The number of nitriles is 1. The maximum atomic E-state index is 11.0. The van der Waals surface area contributed by atoms with E-state index in [9.17, 15) is 10.4 Å². The Morgan fingerprint density at radius 1 is 1.47 bits per heavy atom. The van der Waals surface area contributed by atoms with Crippen LogP contribution >= 0.6 is 11.3 Å². The summed E-state index contributed by atoms with van der Waals surface area (Å²) < 4.78 is 0. The van der Waals surface area contributed by atoms with Gasteiger partial charge in [-0.25, -0.2) is 0 Å². The fourth-order valence-corrected chi connectivity index (χ4v) is 4.23. The first-order valence-electron chi connectivity index (χ1n) is 7.16. The van der Waals surface area contributed by atoms with E-state index in [0.717, 1.165) is 36.5 Å². The summed E-state index contributed by atoms with van der Waals surface area (Å²) >= 11 is 1.61. The number of hydrogen-bond acceptors (Lipinski definition) is 3. The third kappa shape index (κ3) is 2.44. The molecule has 1 aromatic rings. The fraction of sp³-hybridized carbons (Fsp3) is 0.688. The second-order valence-corrected chi connectivity index (χ2v) is 7.32. The van der Waals surface area contributed by atoms with E-state index in [1.807, 2.05) is 26.0 Å². The van der Waals surface area contributed by atoms with E-state index < -0.39 is 11.0 Å². The Morgan fingerprint density at radius 3 is 2.53 bits per heavy atom. The van der Waals surface area contributed by atoms with Crippen LogP contribution in [0.15, 0.2) is 12.1 Å². The molecule has 2 rings (SSSR count). The van der Waals surface area contributed by atoms with Crippen LogP contribution in [0.5, 0.6) is 0 Å². The molecule has 1 aliphatic rings. The fourth-order valence-electron chi connectivity index (χ4n) is 3.22. The average molecular weight is 277 g/mol. The molecule has 0 aliphatic heterocycles. The van der Waals surface area contributed by atoms with E-state index in [0.29, 0.717) is 0 Å². The van der Waals surface area contributed by atoms with Crippen molar-refractivity contribution in [2.45, 2.75) is 58.5 Å². The number of aryl methyl sites for hydroxylation is 1. The highest BCUT2D eigenvalue weighted by Gasteiger charge is 2.50. The summed E-state index contributed by atoms with van der Waals surface area (Å²) in [4.78, 5) is 2.12. The van der Waals surface area contributed by atoms with Crippen LogP contribution in [-0.4, -0.2) is 5.11 Å². The van der Waals surface area contributed by atoms with Crippen molar-refractivity contribution < 1.29 is 5.11 Å². The summed E-state index contributed by atoms with van der Waals surface area (Å²) in [7, 11) is 0. The highest BCUT2D eigenvalue weighted by molar-refractivity contribution is 7.12. The third-order valence-electron chi connectivity index (χ3n) is 4.90. The Bertz CT molecular complexity index is 475. The van der Waals surface area contributed by atoms with Crippen molar-refractivity contribution in [1.29, 1.82) is 5.26 Å². The highest BCUT2D eigenvalue weighted by Crippen LogP contribution is 2.52. The Balaban J connectivity index is 2.29. The van der Waals surface area contributed by atoms with Gasteiger partial charge in [0, 0.05) is 9.75 Å². The summed E-state index contributed by atoms with van der Waals surface area (Å²) in [5.74, 6) is 0.724. The van der Waals surface area contributed by atoms with Gasteiger partial charge in [-0.05, 0) is 57.6 Å². The molecule has 1 saturated carbocycles. The van der Waals surface area contributed by atoms with Crippen LogP contribution in [0.25, 0.3) is 0 Å². The molecular weight excluding hydrogens is 254 g/mol. The lowest BCUT2D eigenvalue weighted by Gasteiger charge is -2.44. The van der Waals surface area contributed by atoms with E-state index in [1.165, 1.54) is 11.3 Å². The van der Waals surface area contributed by atoms with Gasteiger partial charge in [0.05, 0.1) is 11.5 Å². The minimum Gasteiger partial charge on any atom is -0.383 e. The van der Waals surface area contributed by atoms with Crippen molar-refractivity contribution in [3.05, 3.63) is 21.9 Å². The van der Waals surface area contributed by atoms with Gasteiger partial charge in [0.2, 0.25) is 0 Å². The molecule has 19 heavy (non-hydrogen) atoms. The van der Waals surface area contributed by atoms with Gasteiger partial charge in [-0.15, -0.1) is 11.3 Å². The van der Waals surface area contributed by atoms with Gasteiger partial charge >= 0.3 is 0 Å². The summed E-state index contributed by atoms with van der Waals surface area (Å²) in [5, 5.41) is 20.7. The SMILES string of the molecule is CCC1CCC(C#N)(C(C)(O)c2ccc(C)s2)CC1. The van der Waals surface area contributed by atoms with Crippen LogP contribution < -0.4 is 0 Å². The van der Waals surface area contributed by atoms with Gasteiger partial charge in [-0.3, -0.25) is 0 Å². The molecule has 0 amide bonds. The van der Waals surface area contributed by atoms with E-state index in [2.05, 4.69) is 13.0 Å². The van der Waals surface area contributed by atoms with E-state index in [4.69, 9.17) is 0 Å². The van der Waals surface area contributed by atoms with Gasteiger partial charge in [0.1, 0.15) is 5.60 Å². The molecule has 0 aromatic carbocycles. The molecule has 1 fully saturated rings. The largest absolute Gasteiger partial charge is 0.383 e. The lowest BCUT2D eigenvalue weighted by Crippen LogP contribution is -2.44. The van der Waals surface area contributed by atoms with Crippen LogP contribution in [0.4, 0.5) is 0 Å². The van der Waals surface area contributed by atoms with Gasteiger partial charge in [-0.1, -0.05) is 13.3 Å². The first-order valence-corrected chi connectivity index (χ1v) is 7.97. The number of aliphatic hydroxyl groups is 1. The zero-order valence-electron chi connectivity index (χ0n) is 12.1. The Kier molecular flexibility index (Phi) is 4.03. The Labute approximate surface area is 120 Å². The van der Waals surface area contributed by atoms with E-state index >= 15 is 0 Å². The molecule has 1 atom stereocenters. The second-order valence-electron chi connectivity index (χ2n) is 6.03. The predicted octanol–water partition coefficient (Wildman–Crippen LogP) is 4.37. The zero-order valence-corrected chi connectivity index (χ0v) is 12.9. The molecule has 1 N–H and O–H groups in total. The summed E-state index contributed by atoms with van der Waals surface area (Å²) in [5.41, 5.74) is -1.64. The Morgan fingerprint density at radius 2 is 2.11 bits per heavy atom. The van der Waals surface area contributed by atoms with Crippen molar-refractivity contribution in [1.82, 2.24) is 0 Å². The lowest BCUT2D eigenvalue weighted by molar-refractivity contribution is -0.0670. The molecule has 1 unspecified atom stereocenters. The minimum absolute atomic E-state index is 0.615. The molecule has 3 heteroatoms. The van der Waals surface area contributed by atoms with Crippen molar-refractivity contribution in [2.24, 2.45) is 11.3 Å². The van der Waals surface area contributed by atoms with Gasteiger partial charge in [0.25, 0.3) is 0 Å². The number of rotatable bonds is 3. The first kappa shape index (κ1) is 14.6. The van der Waals surface area contributed by atoms with Gasteiger partial charge in [-0.2, -0.15) is 5.26 Å². The predicted molar refractivity (Wildman–Crippen MR) is 78.9 cm³/mol. The van der Waals surface area contributed by atoms with Gasteiger partial charge in [0.15, 0.2) is 0 Å². The number of thiophene rings is 1. The van der Waals surface area contributed by atoms with E-state index in [1.54, 1.807) is 11.3 Å². The molecular formula is C16H23NOS. The molecule has 0 radical (unpaired) electrons. The molecule has 0 bridgehead atoms. The molecule has 1 heterocycles. The van der Waals surface area contributed by atoms with Crippen LogP contribution in [0.1, 0.15) is 55.7 Å². The van der Waals surface area contributed by atoms with Gasteiger partial charge < -0.3 is 5.11 Å². The van der Waals surface area contributed by atoms with Crippen molar-refractivity contribution >= 4 is 11.3 Å². The summed E-state index contributed by atoms with van der Waals surface area (Å²) in [6.07, 6.45) is 4.93. The maximum absolute atomic E-state index is 11.0. The monoisotopic (exact) mass is 277 g/mol. The van der Waals surface area contributed by atoms with E-state index in [-0.39, 0.29) is 0 Å². The first-order chi connectivity index (χ1) is 8.95. The highest BCUT2D eigenvalue weighted by atomic mass is 32.1. The van der Waals surface area contributed by atoms with Crippen molar-refractivity contribution in [3.8, 4) is 6.07 Å². The lowest BCUT2D eigenvalue weighted by atomic mass is 9.62. The van der Waals surface area contributed by atoms with Crippen LogP contribution in [0.2, 0.25) is 0 Å². The second kappa shape index (κ2) is 5.26. The summed E-state index contributed by atoms with van der Waals surface area (Å²) in [6.45, 7) is 6.08. The topological polar surface area (TPSA) is 44.0 Å². The maximum Gasteiger partial charge on any atom is 0.114 e. The molecule has 104 valence electrons. The van der Waals surface area contributed by atoms with Crippen LogP contribution in [0.3, 0.4) is 0 Å². The molecule has 0 saturated heterocycles. The molecule has 2 nitrogen and oxygen atoms in total.